The summed E-state index contributed by atoms with van der Waals surface area (Å²) in [6.45, 7) is 0.625. The zero-order chi connectivity index (χ0) is 19.1. The van der Waals surface area contributed by atoms with Crippen molar-refractivity contribution in [3.63, 3.8) is 0 Å². The number of piperazine rings is 1. The van der Waals surface area contributed by atoms with Gasteiger partial charge in [0, 0.05) is 36.3 Å². The average molecular weight is 373 g/mol. The summed E-state index contributed by atoms with van der Waals surface area (Å²) >= 11 is 0. The van der Waals surface area contributed by atoms with E-state index in [4.69, 9.17) is 0 Å². The van der Waals surface area contributed by atoms with E-state index < -0.39 is 0 Å². The lowest BCUT2D eigenvalue weighted by Crippen LogP contribution is -2.55. The minimum Gasteiger partial charge on any atom is -0.345 e. The number of carbonyl (C=O) groups is 2. The van der Waals surface area contributed by atoms with E-state index in [0.29, 0.717) is 13.0 Å². The summed E-state index contributed by atoms with van der Waals surface area (Å²) in [6.07, 6.45) is 6.07. The van der Waals surface area contributed by atoms with E-state index in [-0.39, 0.29) is 30.4 Å². The summed E-state index contributed by atoms with van der Waals surface area (Å²) in [5.41, 5.74) is 2.96. The molecular weight excluding hydrogens is 354 g/mol. The molecule has 2 aliphatic rings. The molecule has 1 aromatic carbocycles. The first-order chi connectivity index (χ1) is 13.7. The molecule has 2 aromatic heterocycles. The van der Waals surface area contributed by atoms with Gasteiger partial charge in [-0.1, -0.05) is 30.3 Å². The molecule has 0 radical (unpaired) electrons. The quantitative estimate of drug-likeness (QED) is 0.760. The Morgan fingerprint density at radius 3 is 2.54 bits per heavy atom. The van der Waals surface area contributed by atoms with Crippen molar-refractivity contribution in [3.05, 3.63) is 61.1 Å². The van der Waals surface area contributed by atoms with Crippen LogP contribution in [-0.2, 0) is 9.59 Å². The number of rotatable bonds is 3. The highest BCUT2D eigenvalue weighted by Crippen LogP contribution is 2.33. The van der Waals surface area contributed by atoms with Crippen LogP contribution in [0.2, 0.25) is 0 Å². The zero-order valence-electron chi connectivity index (χ0n) is 15.2. The first-order valence-corrected chi connectivity index (χ1v) is 9.32. The molecule has 0 bridgehead atoms. The maximum Gasteiger partial charge on any atom is 0.243 e. The van der Waals surface area contributed by atoms with Gasteiger partial charge in [-0.2, -0.15) is 0 Å². The van der Waals surface area contributed by atoms with E-state index in [9.17, 15) is 9.59 Å². The minimum absolute atomic E-state index is 0.0199. The van der Waals surface area contributed by atoms with Gasteiger partial charge < -0.3 is 14.8 Å². The van der Waals surface area contributed by atoms with Crippen LogP contribution in [-0.4, -0.2) is 50.4 Å². The first-order valence-electron chi connectivity index (χ1n) is 9.32. The molecule has 140 valence electrons. The zero-order valence-corrected chi connectivity index (χ0v) is 15.2. The number of imidazole rings is 1. The van der Waals surface area contributed by atoms with Crippen LogP contribution in [0.5, 0.6) is 0 Å². The number of benzene rings is 1. The number of aromatic nitrogens is 3. The average Bonchev–Trinajstić information content (AvgIpc) is 3.39. The number of hydrogen-bond donors (Lipinski definition) is 1. The second-order valence-electron chi connectivity index (χ2n) is 7.12. The Morgan fingerprint density at radius 1 is 0.964 bits per heavy atom. The fraction of sp³-hybridized carbons (Fsp3) is 0.238. The molecule has 2 atom stereocenters. The van der Waals surface area contributed by atoms with E-state index >= 15 is 0 Å². The van der Waals surface area contributed by atoms with Crippen LogP contribution in [0.1, 0.15) is 12.5 Å². The monoisotopic (exact) mass is 373 g/mol. The molecule has 0 unspecified atom stereocenters. The third-order valence-corrected chi connectivity index (χ3v) is 5.48. The summed E-state index contributed by atoms with van der Waals surface area (Å²) < 4.78 is 2.08. The van der Waals surface area contributed by atoms with E-state index in [0.717, 1.165) is 22.6 Å². The Morgan fingerprint density at radius 2 is 1.79 bits per heavy atom. The van der Waals surface area contributed by atoms with Crippen LogP contribution < -0.4 is 5.32 Å². The summed E-state index contributed by atoms with van der Waals surface area (Å²) in [5.74, 6) is 0.752. The summed E-state index contributed by atoms with van der Waals surface area (Å²) in [4.78, 5) is 34.9. The van der Waals surface area contributed by atoms with Crippen molar-refractivity contribution in [3.8, 4) is 22.6 Å². The molecule has 7 heteroatoms. The summed E-state index contributed by atoms with van der Waals surface area (Å²) in [5, 5.41) is 2.68. The lowest BCUT2D eigenvalue weighted by atomic mass is 10.1. The van der Waals surface area contributed by atoms with Gasteiger partial charge in [-0.25, -0.2) is 4.98 Å². The van der Waals surface area contributed by atoms with E-state index in [1.165, 1.54) is 0 Å². The number of carbonyl (C=O) groups excluding carboxylic acids is 2. The van der Waals surface area contributed by atoms with E-state index in [1.807, 2.05) is 48.7 Å². The van der Waals surface area contributed by atoms with E-state index in [1.54, 1.807) is 17.3 Å². The Balaban J connectivity index is 1.42. The largest absolute Gasteiger partial charge is 0.345 e. The molecular formula is C21H19N5O2. The maximum absolute atomic E-state index is 12.1. The van der Waals surface area contributed by atoms with Gasteiger partial charge in [0.05, 0.1) is 18.3 Å². The van der Waals surface area contributed by atoms with Gasteiger partial charge in [-0.05, 0) is 18.6 Å². The van der Waals surface area contributed by atoms with Gasteiger partial charge in [0.2, 0.25) is 11.8 Å². The van der Waals surface area contributed by atoms with Crippen molar-refractivity contribution < 1.29 is 9.59 Å². The highest BCUT2D eigenvalue weighted by molar-refractivity contribution is 5.95. The number of pyridine rings is 1. The number of nitrogens with one attached hydrogen (secondary N) is 1. The summed E-state index contributed by atoms with van der Waals surface area (Å²) in [6, 6.07) is 13.6. The number of amides is 2. The molecule has 2 amide bonds. The Kier molecular flexibility index (Phi) is 3.93. The standard InChI is InChI=1S/C21H19N5O2/c27-19-12-24-21(28)18-11-16(13-26(18)19)25-10-9-23-20(25)15-6-4-14(5-7-15)17-3-1-2-8-22-17/h1-10,16,18H,11-13H2,(H,24,28)/t16-,18-/m0/s1. The van der Waals surface area contributed by atoms with Gasteiger partial charge in [0.25, 0.3) is 0 Å². The smallest absolute Gasteiger partial charge is 0.243 e. The van der Waals surface area contributed by atoms with Gasteiger partial charge in [-0.15, -0.1) is 0 Å². The van der Waals surface area contributed by atoms with Gasteiger partial charge in [0.15, 0.2) is 0 Å². The fourth-order valence-electron chi connectivity index (χ4n) is 4.08. The van der Waals surface area contributed by atoms with Crippen molar-refractivity contribution in [2.45, 2.75) is 18.5 Å². The number of nitrogens with zero attached hydrogens (tertiary/aromatic N) is 4. The molecule has 0 spiro atoms. The highest BCUT2D eigenvalue weighted by atomic mass is 16.2. The normalized spacial score (nSPS) is 21.5. The van der Waals surface area contributed by atoms with Crippen LogP contribution in [0.4, 0.5) is 0 Å². The van der Waals surface area contributed by atoms with Crippen molar-refractivity contribution in [1.82, 2.24) is 24.8 Å². The van der Waals surface area contributed by atoms with Crippen LogP contribution in [0, 0.1) is 0 Å². The highest BCUT2D eigenvalue weighted by Gasteiger charge is 2.43. The molecule has 3 aromatic rings. The van der Waals surface area contributed by atoms with Gasteiger partial charge in [0.1, 0.15) is 11.9 Å². The van der Waals surface area contributed by atoms with Crippen LogP contribution in [0.25, 0.3) is 22.6 Å². The SMILES string of the molecule is O=C1NCC(=O)N2C[C@@H](n3ccnc3-c3ccc(-c4ccccn4)cc3)C[C@@H]12. The molecule has 28 heavy (non-hydrogen) atoms. The summed E-state index contributed by atoms with van der Waals surface area (Å²) in [7, 11) is 0. The Labute approximate surface area is 162 Å². The third-order valence-electron chi connectivity index (χ3n) is 5.48. The Hall–Kier alpha value is -3.48. The number of fused-ring (bicyclic) bond motifs is 1. The topological polar surface area (TPSA) is 80.1 Å². The molecule has 2 saturated heterocycles. The molecule has 0 saturated carbocycles. The van der Waals surface area contributed by atoms with Crippen molar-refractivity contribution in [2.24, 2.45) is 0 Å². The lowest BCUT2D eigenvalue weighted by Gasteiger charge is -2.28. The molecule has 0 aliphatic carbocycles. The number of hydrogen-bond acceptors (Lipinski definition) is 4. The van der Waals surface area contributed by atoms with Crippen molar-refractivity contribution >= 4 is 11.8 Å². The fourth-order valence-corrected chi connectivity index (χ4v) is 4.08. The molecule has 2 fully saturated rings. The van der Waals surface area contributed by atoms with Crippen LogP contribution >= 0.6 is 0 Å². The molecule has 2 aliphatic heterocycles. The molecule has 1 N–H and O–H groups in total. The molecule has 5 rings (SSSR count). The lowest BCUT2D eigenvalue weighted by molar-refractivity contribution is -0.143. The predicted molar refractivity (Wildman–Crippen MR) is 103 cm³/mol. The van der Waals surface area contributed by atoms with E-state index in [2.05, 4.69) is 19.9 Å². The van der Waals surface area contributed by atoms with Crippen LogP contribution in [0.3, 0.4) is 0 Å². The Bertz CT molecular complexity index is 1000. The van der Waals surface area contributed by atoms with Crippen LogP contribution in [0.15, 0.2) is 61.1 Å². The minimum atomic E-state index is -0.381. The first kappa shape index (κ1) is 16.7. The molecule has 4 heterocycles. The second kappa shape index (κ2) is 6.60. The second-order valence-corrected chi connectivity index (χ2v) is 7.12. The van der Waals surface area contributed by atoms with Gasteiger partial charge in [-0.3, -0.25) is 14.6 Å². The van der Waals surface area contributed by atoms with Crippen molar-refractivity contribution in [2.75, 3.05) is 13.1 Å². The van der Waals surface area contributed by atoms with Gasteiger partial charge >= 0.3 is 0 Å². The maximum atomic E-state index is 12.1. The van der Waals surface area contributed by atoms with Crippen molar-refractivity contribution in [1.29, 1.82) is 0 Å². The molecule has 7 nitrogen and oxygen atoms in total. The third kappa shape index (κ3) is 2.76. The predicted octanol–water partition coefficient (Wildman–Crippen LogP) is 1.88.